The fourth-order valence-electron chi connectivity index (χ4n) is 6.34. The Labute approximate surface area is 221 Å². The van der Waals surface area contributed by atoms with Gasteiger partial charge in [0.05, 0.1) is 10.7 Å². The molecule has 0 radical (unpaired) electrons. The maximum absolute atomic E-state index is 16.6. The standard InChI is InChI=1S/C30H31ClFN5/c1-35(2)21-16-37(17-21)27-13-26(36-14-19-10-11-20(15-36)33-19)24-12-25(31)28(29(32)30(24)34-27)23-9-5-7-18-6-3-4-8-22(18)23/h3-9,12-13,19-21,33H,10-11,14-17H2,1-2H3. The van der Waals surface area contributed by atoms with Crippen LogP contribution in [0.2, 0.25) is 5.02 Å². The number of nitrogens with one attached hydrogen (secondary N) is 1. The van der Waals surface area contributed by atoms with Crippen molar-refractivity contribution >= 4 is 44.8 Å². The number of hydrogen-bond donors (Lipinski definition) is 1. The molecule has 1 N–H and O–H groups in total. The van der Waals surface area contributed by atoms with Gasteiger partial charge in [0.2, 0.25) is 0 Å². The normalized spacial score (nSPS) is 21.9. The first-order valence-electron chi connectivity index (χ1n) is 13.2. The third-order valence-corrected chi connectivity index (χ3v) is 8.79. The van der Waals surface area contributed by atoms with Crippen LogP contribution in [0.3, 0.4) is 0 Å². The highest BCUT2D eigenvalue weighted by Crippen LogP contribution is 2.43. The maximum Gasteiger partial charge on any atom is 0.158 e. The molecule has 37 heavy (non-hydrogen) atoms. The number of benzene rings is 3. The van der Waals surface area contributed by atoms with Gasteiger partial charge in [-0.2, -0.15) is 0 Å². The van der Waals surface area contributed by atoms with Crippen LogP contribution in [0.1, 0.15) is 12.8 Å². The van der Waals surface area contributed by atoms with Gasteiger partial charge in [-0.15, -0.1) is 0 Å². The predicted molar refractivity (Wildman–Crippen MR) is 151 cm³/mol. The fourth-order valence-corrected chi connectivity index (χ4v) is 6.63. The SMILES string of the molecule is CN(C)C1CN(c2cc(N3CC4CCC(C3)N4)c3cc(Cl)c(-c4cccc5ccccc45)c(F)c3n2)C1. The number of piperazine rings is 1. The summed E-state index contributed by atoms with van der Waals surface area (Å²) in [6.45, 7) is 3.62. The van der Waals surface area contributed by atoms with Gasteiger partial charge in [-0.1, -0.05) is 54.1 Å². The molecule has 190 valence electrons. The highest BCUT2D eigenvalue weighted by atomic mass is 35.5. The molecule has 3 saturated heterocycles. The van der Waals surface area contributed by atoms with E-state index in [0.717, 1.165) is 59.4 Å². The first kappa shape index (κ1) is 23.2. The van der Waals surface area contributed by atoms with Gasteiger partial charge in [0.1, 0.15) is 11.3 Å². The highest BCUT2D eigenvalue weighted by molar-refractivity contribution is 6.35. The smallest absolute Gasteiger partial charge is 0.158 e. The summed E-state index contributed by atoms with van der Waals surface area (Å²) in [5.41, 5.74) is 2.67. The minimum atomic E-state index is -0.343. The lowest BCUT2D eigenvalue weighted by atomic mass is 9.96. The van der Waals surface area contributed by atoms with Crippen molar-refractivity contribution < 1.29 is 4.39 Å². The summed E-state index contributed by atoms with van der Waals surface area (Å²) in [4.78, 5) is 11.9. The number of pyridine rings is 1. The average molecular weight is 516 g/mol. The average Bonchev–Trinajstić information content (AvgIpc) is 3.20. The van der Waals surface area contributed by atoms with Gasteiger partial charge < -0.3 is 20.0 Å². The second-order valence-corrected chi connectivity index (χ2v) is 11.4. The first-order valence-corrected chi connectivity index (χ1v) is 13.6. The molecular weight excluding hydrogens is 485 g/mol. The summed E-state index contributed by atoms with van der Waals surface area (Å²) in [5, 5.41) is 6.97. The molecule has 2 bridgehead atoms. The summed E-state index contributed by atoms with van der Waals surface area (Å²) in [6.07, 6.45) is 2.38. The van der Waals surface area contributed by atoms with E-state index in [1.807, 2.05) is 48.5 Å². The molecule has 1 aromatic heterocycles. The van der Waals surface area contributed by atoms with Crippen LogP contribution in [0.5, 0.6) is 0 Å². The molecule has 3 aromatic carbocycles. The Morgan fingerprint density at radius 3 is 2.41 bits per heavy atom. The quantitative estimate of drug-likeness (QED) is 0.386. The van der Waals surface area contributed by atoms with Gasteiger partial charge in [-0.3, -0.25) is 0 Å². The van der Waals surface area contributed by atoms with Gasteiger partial charge >= 0.3 is 0 Å². The molecule has 7 heteroatoms. The van der Waals surface area contributed by atoms with Crippen molar-refractivity contribution in [1.29, 1.82) is 0 Å². The second-order valence-electron chi connectivity index (χ2n) is 11.0. The van der Waals surface area contributed by atoms with E-state index in [1.54, 1.807) is 0 Å². The van der Waals surface area contributed by atoms with Crippen LogP contribution in [0.4, 0.5) is 15.9 Å². The van der Waals surface area contributed by atoms with E-state index in [-0.39, 0.29) is 5.82 Å². The number of likely N-dealkylation sites (N-methyl/N-ethyl adjacent to an activating group) is 1. The van der Waals surface area contributed by atoms with Crippen molar-refractivity contribution in [3.05, 3.63) is 65.4 Å². The van der Waals surface area contributed by atoms with Crippen LogP contribution in [-0.4, -0.2) is 68.3 Å². The zero-order chi connectivity index (χ0) is 25.3. The Kier molecular flexibility index (Phi) is 5.54. The maximum atomic E-state index is 16.6. The van der Waals surface area contributed by atoms with Crippen LogP contribution in [-0.2, 0) is 0 Å². The molecule has 0 aliphatic carbocycles. The molecule has 2 unspecified atom stereocenters. The van der Waals surface area contributed by atoms with Crippen molar-refractivity contribution in [2.45, 2.75) is 31.0 Å². The minimum absolute atomic E-state index is 0.343. The molecule has 7 rings (SSSR count). The van der Waals surface area contributed by atoms with Crippen LogP contribution in [0.15, 0.2) is 54.6 Å². The summed E-state index contributed by atoms with van der Waals surface area (Å²) in [5.74, 6) is 0.501. The Bertz CT molecular complexity index is 1500. The lowest BCUT2D eigenvalue weighted by Gasteiger charge is -2.44. The van der Waals surface area contributed by atoms with Crippen LogP contribution < -0.4 is 15.1 Å². The van der Waals surface area contributed by atoms with Gasteiger partial charge in [0.15, 0.2) is 5.82 Å². The highest BCUT2D eigenvalue weighted by Gasteiger charge is 2.35. The molecule has 5 nitrogen and oxygen atoms in total. The zero-order valence-electron chi connectivity index (χ0n) is 21.2. The fraction of sp³-hybridized carbons (Fsp3) is 0.367. The van der Waals surface area contributed by atoms with Gasteiger partial charge in [0.25, 0.3) is 0 Å². The molecule has 0 saturated carbocycles. The van der Waals surface area contributed by atoms with Crippen molar-refractivity contribution in [2.75, 3.05) is 50.1 Å². The lowest BCUT2D eigenvalue weighted by Crippen LogP contribution is -2.57. The van der Waals surface area contributed by atoms with Crippen LogP contribution in [0.25, 0.3) is 32.8 Å². The number of nitrogens with zero attached hydrogens (tertiary/aromatic N) is 4. The van der Waals surface area contributed by atoms with Crippen molar-refractivity contribution in [2.24, 2.45) is 0 Å². The minimum Gasteiger partial charge on any atom is -0.368 e. The first-order chi connectivity index (χ1) is 18.0. The van der Waals surface area contributed by atoms with Crippen molar-refractivity contribution in [3.63, 3.8) is 0 Å². The molecule has 3 aliphatic rings. The third-order valence-electron chi connectivity index (χ3n) is 8.49. The molecule has 4 heterocycles. The summed E-state index contributed by atoms with van der Waals surface area (Å²) in [7, 11) is 4.21. The van der Waals surface area contributed by atoms with Crippen molar-refractivity contribution in [1.82, 2.24) is 15.2 Å². The number of halogens is 2. The molecule has 2 atom stereocenters. The van der Waals surface area contributed by atoms with E-state index in [2.05, 4.69) is 40.2 Å². The number of rotatable bonds is 4. The Balaban J connectivity index is 1.42. The van der Waals surface area contributed by atoms with E-state index < -0.39 is 0 Å². The van der Waals surface area contributed by atoms with E-state index in [9.17, 15) is 0 Å². The Morgan fingerprint density at radius 1 is 0.919 bits per heavy atom. The molecular formula is C30H31ClFN5. The Morgan fingerprint density at radius 2 is 1.65 bits per heavy atom. The predicted octanol–water partition coefficient (Wildman–Crippen LogP) is 5.54. The summed E-state index contributed by atoms with van der Waals surface area (Å²) in [6, 6.07) is 19.5. The summed E-state index contributed by atoms with van der Waals surface area (Å²) < 4.78 is 16.6. The molecule has 3 aliphatic heterocycles. The van der Waals surface area contributed by atoms with E-state index in [4.69, 9.17) is 16.6 Å². The monoisotopic (exact) mass is 515 g/mol. The number of fused-ring (bicyclic) bond motifs is 4. The van der Waals surface area contributed by atoms with Crippen molar-refractivity contribution in [3.8, 4) is 11.1 Å². The Hall–Kier alpha value is -2.93. The van der Waals surface area contributed by atoms with E-state index in [1.165, 1.54) is 12.8 Å². The second kappa shape index (κ2) is 8.83. The molecule has 0 spiro atoms. The van der Waals surface area contributed by atoms with Crippen LogP contribution in [0, 0.1) is 5.82 Å². The molecule has 0 amide bonds. The van der Waals surface area contributed by atoms with Crippen LogP contribution >= 0.6 is 11.6 Å². The third kappa shape index (κ3) is 3.85. The number of aromatic nitrogens is 1. The van der Waals surface area contributed by atoms with Gasteiger partial charge in [-0.05, 0) is 49.3 Å². The molecule has 3 fully saturated rings. The molecule has 4 aromatic rings. The number of anilines is 2. The number of hydrogen-bond acceptors (Lipinski definition) is 5. The topological polar surface area (TPSA) is 34.6 Å². The van der Waals surface area contributed by atoms with Gasteiger partial charge in [0, 0.05) is 61.3 Å². The lowest BCUT2D eigenvalue weighted by molar-refractivity contribution is 0.246. The van der Waals surface area contributed by atoms with E-state index >= 15 is 4.39 Å². The largest absolute Gasteiger partial charge is 0.368 e. The summed E-state index contributed by atoms with van der Waals surface area (Å²) >= 11 is 6.90. The zero-order valence-corrected chi connectivity index (χ0v) is 22.0. The van der Waals surface area contributed by atoms with E-state index in [0.29, 0.717) is 34.2 Å². The van der Waals surface area contributed by atoms with Gasteiger partial charge in [-0.25, -0.2) is 9.37 Å².